The smallest absolute Gasteiger partial charge is 0.158 e. The number of aromatic nitrogens is 2. The number of ether oxygens (including phenoxy) is 1. The fraction of sp³-hybridized carbons (Fsp3) is 0.714. The molecule has 0 saturated carbocycles. The average molecular weight is 279 g/mol. The predicted octanol–water partition coefficient (Wildman–Crippen LogP) is 1.20. The second-order valence-corrected chi connectivity index (χ2v) is 5.33. The summed E-state index contributed by atoms with van der Waals surface area (Å²) in [6, 6.07) is 2.61. The first kappa shape index (κ1) is 15.0. The Kier molecular flexibility index (Phi) is 5.14. The van der Waals surface area contributed by atoms with E-state index in [0.29, 0.717) is 12.6 Å². The van der Waals surface area contributed by atoms with Crippen molar-refractivity contribution in [1.82, 2.24) is 14.9 Å². The molecule has 1 aromatic heterocycles. The predicted molar refractivity (Wildman–Crippen MR) is 81.2 cm³/mol. The van der Waals surface area contributed by atoms with Crippen LogP contribution < -0.4 is 10.2 Å². The molecule has 0 amide bonds. The first-order valence-corrected chi connectivity index (χ1v) is 7.17. The lowest BCUT2D eigenvalue weighted by Crippen LogP contribution is -2.49. The molecule has 112 valence electrons. The molecule has 0 bridgehead atoms. The third-order valence-electron chi connectivity index (χ3n) is 3.66. The van der Waals surface area contributed by atoms with Crippen LogP contribution >= 0.6 is 0 Å². The van der Waals surface area contributed by atoms with Crippen LogP contribution in [-0.4, -0.2) is 61.2 Å². The molecule has 2 heterocycles. The van der Waals surface area contributed by atoms with Crippen LogP contribution in [0.4, 0.5) is 11.6 Å². The van der Waals surface area contributed by atoms with Crippen molar-refractivity contribution in [2.24, 2.45) is 0 Å². The summed E-state index contributed by atoms with van der Waals surface area (Å²) in [4.78, 5) is 13.8. The van der Waals surface area contributed by atoms with Gasteiger partial charge in [0.05, 0.1) is 0 Å². The average Bonchev–Trinajstić information content (AvgIpc) is 2.47. The van der Waals surface area contributed by atoms with Gasteiger partial charge in [0.2, 0.25) is 0 Å². The Morgan fingerprint density at radius 3 is 2.50 bits per heavy atom. The van der Waals surface area contributed by atoms with Crippen LogP contribution in [-0.2, 0) is 11.3 Å². The highest BCUT2D eigenvalue weighted by Gasteiger charge is 2.20. The van der Waals surface area contributed by atoms with Crippen LogP contribution in [0.5, 0.6) is 0 Å². The van der Waals surface area contributed by atoms with Gasteiger partial charge in [0.15, 0.2) is 5.82 Å². The van der Waals surface area contributed by atoms with E-state index in [-0.39, 0.29) is 0 Å². The third kappa shape index (κ3) is 3.58. The Morgan fingerprint density at radius 2 is 1.95 bits per heavy atom. The minimum Gasteiger partial charge on any atom is -0.377 e. The lowest BCUT2D eigenvalue weighted by molar-refractivity contribution is 0.177. The summed E-state index contributed by atoms with van der Waals surface area (Å²) in [5.74, 6) is 2.55. The molecule has 1 saturated heterocycles. The Bertz CT molecular complexity index is 430. The topological polar surface area (TPSA) is 53.5 Å². The van der Waals surface area contributed by atoms with Crippen molar-refractivity contribution in [3.63, 3.8) is 0 Å². The van der Waals surface area contributed by atoms with Gasteiger partial charge in [-0.3, -0.25) is 4.90 Å². The molecular formula is C14H25N5O. The summed E-state index contributed by atoms with van der Waals surface area (Å²) < 4.78 is 5.14. The van der Waals surface area contributed by atoms with Crippen molar-refractivity contribution in [2.75, 3.05) is 50.6 Å². The van der Waals surface area contributed by atoms with E-state index in [1.54, 1.807) is 7.11 Å². The monoisotopic (exact) mass is 279 g/mol. The Morgan fingerprint density at radius 1 is 1.25 bits per heavy atom. The quantitative estimate of drug-likeness (QED) is 0.874. The van der Waals surface area contributed by atoms with Crippen molar-refractivity contribution in [2.45, 2.75) is 26.5 Å². The van der Waals surface area contributed by atoms with E-state index in [9.17, 15) is 0 Å². The van der Waals surface area contributed by atoms with Crippen molar-refractivity contribution in [1.29, 1.82) is 0 Å². The molecule has 0 aliphatic carbocycles. The van der Waals surface area contributed by atoms with Crippen molar-refractivity contribution < 1.29 is 4.74 Å². The molecule has 0 atom stereocenters. The van der Waals surface area contributed by atoms with E-state index in [1.165, 1.54) is 0 Å². The SMILES string of the molecule is CNc1cc(N2CCN(C(C)C)CC2)nc(COC)n1. The van der Waals surface area contributed by atoms with E-state index in [1.807, 2.05) is 13.1 Å². The van der Waals surface area contributed by atoms with Crippen LogP contribution in [0.2, 0.25) is 0 Å². The number of rotatable bonds is 5. The zero-order valence-electron chi connectivity index (χ0n) is 12.9. The van der Waals surface area contributed by atoms with Gasteiger partial charge in [0.25, 0.3) is 0 Å². The van der Waals surface area contributed by atoms with Crippen LogP contribution in [0.15, 0.2) is 6.07 Å². The van der Waals surface area contributed by atoms with Crippen LogP contribution in [0.1, 0.15) is 19.7 Å². The van der Waals surface area contributed by atoms with Gasteiger partial charge in [-0.1, -0.05) is 0 Å². The molecule has 20 heavy (non-hydrogen) atoms. The first-order valence-electron chi connectivity index (χ1n) is 7.17. The highest BCUT2D eigenvalue weighted by atomic mass is 16.5. The highest BCUT2D eigenvalue weighted by molar-refractivity contribution is 5.49. The summed E-state index contributed by atoms with van der Waals surface area (Å²) in [5.41, 5.74) is 0. The minimum atomic E-state index is 0.439. The maximum Gasteiger partial charge on any atom is 0.158 e. The van der Waals surface area contributed by atoms with E-state index in [4.69, 9.17) is 4.74 Å². The van der Waals surface area contributed by atoms with Crippen LogP contribution in [0, 0.1) is 0 Å². The summed E-state index contributed by atoms with van der Waals surface area (Å²) in [5, 5.41) is 3.09. The molecule has 1 aliphatic heterocycles. The number of piperazine rings is 1. The number of nitrogens with one attached hydrogen (secondary N) is 1. The summed E-state index contributed by atoms with van der Waals surface area (Å²) in [6.07, 6.45) is 0. The Labute approximate surface area is 121 Å². The van der Waals surface area contributed by atoms with E-state index >= 15 is 0 Å². The van der Waals surface area contributed by atoms with E-state index in [2.05, 4.69) is 38.9 Å². The highest BCUT2D eigenvalue weighted by Crippen LogP contribution is 2.18. The van der Waals surface area contributed by atoms with Crippen LogP contribution in [0.3, 0.4) is 0 Å². The second-order valence-electron chi connectivity index (χ2n) is 5.33. The molecule has 6 nitrogen and oxygen atoms in total. The first-order chi connectivity index (χ1) is 9.63. The van der Waals surface area contributed by atoms with Crippen molar-refractivity contribution >= 4 is 11.6 Å². The van der Waals surface area contributed by atoms with Gasteiger partial charge in [-0.25, -0.2) is 9.97 Å². The molecule has 0 spiro atoms. The third-order valence-corrected chi connectivity index (χ3v) is 3.66. The Hall–Kier alpha value is -1.40. The molecule has 0 radical (unpaired) electrons. The normalized spacial score (nSPS) is 16.8. The fourth-order valence-electron chi connectivity index (χ4n) is 2.43. The maximum atomic E-state index is 5.14. The van der Waals surface area contributed by atoms with Gasteiger partial charge in [0, 0.05) is 52.4 Å². The van der Waals surface area contributed by atoms with Gasteiger partial charge in [-0.05, 0) is 13.8 Å². The van der Waals surface area contributed by atoms with E-state index < -0.39 is 0 Å². The minimum absolute atomic E-state index is 0.439. The molecule has 1 N–H and O–H groups in total. The largest absolute Gasteiger partial charge is 0.377 e. The van der Waals surface area contributed by atoms with Crippen molar-refractivity contribution in [3.05, 3.63) is 11.9 Å². The standard InChI is InChI=1S/C14H25N5O/c1-11(2)18-5-7-19(8-6-18)14-9-12(15-3)16-13(17-14)10-20-4/h9,11H,5-8,10H2,1-4H3,(H,15,16,17). The van der Waals surface area contributed by atoms with Crippen LogP contribution in [0.25, 0.3) is 0 Å². The molecule has 1 aliphatic rings. The maximum absolute atomic E-state index is 5.14. The van der Waals surface area contributed by atoms with Gasteiger partial charge in [-0.2, -0.15) is 0 Å². The van der Waals surface area contributed by atoms with Gasteiger partial charge in [-0.15, -0.1) is 0 Å². The number of hydrogen-bond donors (Lipinski definition) is 1. The molecule has 0 aromatic carbocycles. The molecule has 0 unspecified atom stereocenters. The van der Waals surface area contributed by atoms with Gasteiger partial charge in [0.1, 0.15) is 18.2 Å². The molecule has 1 fully saturated rings. The lowest BCUT2D eigenvalue weighted by Gasteiger charge is -2.37. The fourth-order valence-corrected chi connectivity index (χ4v) is 2.43. The van der Waals surface area contributed by atoms with Gasteiger partial charge < -0.3 is 15.0 Å². The Balaban J connectivity index is 2.10. The zero-order valence-corrected chi connectivity index (χ0v) is 12.9. The number of anilines is 2. The number of nitrogens with zero attached hydrogens (tertiary/aromatic N) is 4. The molecule has 2 rings (SSSR count). The molecule has 1 aromatic rings. The lowest BCUT2D eigenvalue weighted by atomic mass is 10.2. The number of methoxy groups -OCH3 is 1. The van der Waals surface area contributed by atoms with E-state index in [0.717, 1.165) is 43.6 Å². The molecule has 6 heteroatoms. The number of hydrogen-bond acceptors (Lipinski definition) is 6. The van der Waals surface area contributed by atoms with Crippen molar-refractivity contribution in [3.8, 4) is 0 Å². The summed E-state index contributed by atoms with van der Waals surface area (Å²) >= 11 is 0. The summed E-state index contributed by atoms with van der Waals surface area (Å²) in [7, 11) is 3.54. The summed E-state index contributed by atoms with van der Waals surface area (Å²) in [6.45, 7) is 9.10. The molecular weight excluding hydrogens is 254 g/mol. The second kappa shape index (κ2) is 6.85. The van der Waals surface area contributed by atoms with Gasteiger partial charge >= 0.3 is 0 Å². The zero-order chi connectivity index (χ0) is 14.5.